The number of halogens is 1. The van der Waals surface area contributed by atoms with Gasteiger partial charge in [0.25, 0.3) is 5.88 Å². The highest BCUT2D eigenvalue weighted by Gasteiger charge is 2.56. The number of rotatable bonds is 11. The molecular weight excluding hydrogens is 627 g/mol. The smallest absolute Gasteiger partial charge is 0.257 e. The number of allylic oxidation sites excluding steroid dienone is 1. The Labute approximate surface area is 284 Å². The van der Waals surface area contributed by atoms with Gasteiger partial charge in [-0.1, -0.05) is 17.4 Å². The van der Waals surface area contributed by atoms with Crippen molar-refractivity contribution >= 4 is 35.2 Å². The number of anilines is 2. The minimum absolute atomic E-state index is 0.241. The lowest BCUT2D eigenvalue weighted by Gasteiger charge is -2.17. The van der Waals surface area contributed by atoms with Crippen LogP contribution in [0.3, 0.4) is 0 Å². The number of aliphatic imine (C=N–C) groups is 1. The maximum Gasteiger partial charge on any atom is 0.257 e. The molecule has 1 aliphatic carbocycles. The number of unbranched alkanes of at least 4 members (excludes halogenated alkanes) is 1. The molecule has 0 spiro atoms. The van der Waals surface area contributed by atoms with Crippen molar-refractivity contribution in [1.82, 2.24) is 4.98 Å². The highest BCUT2D eigenvalue weighted by atomic mass is 19.1. The van der Waals surface area contributed by atoms with Crippen LogP contribution in [0.4, 0.5) is 15.8 Å². The van der Waals surface area contributed by atoms with E-state index in [0.29, 0.717) is 59.5 Å². The molecule has 6 rings (SSSR count). The zero-order chi connectivity index (χ0) is 34.2. The van der Waals surface area contributed by atoms with Gasteiger partial charge in [-0.2, -0.15) is 0 Å². The fourth-order valence-corrected chi connectivity index (χ4v) is 5.65. The predicted molar refractivity (Wildman–Crippen MR) is 184 cm³/mol. The number of pyridine rings is 1. The van der Waals surface area contributed by atoms with E-state index in [9.17, 15) is 14.0 Å². The third-order valence-corrected chi connectivity index (χ3v) is 8.65. The number of aryl methyl sites for hydroxylation is 1. The summed E-state index contributed by atoms with van der Waals surface area (Å²) in [5, 5.41) is 5.61. The summed E-state index contributed by atoms with van der Waals surface area (Å²) >= 11 is 0. The fourth-order valence-electron chi connectivity index (χ4n) is 5.65. The number of ether oxygens (including phenoxy) is 4. The Kier molecular flexibility index (Phi) is 10.5. The molecule has 0 bridgehead atoms. The zero-order valence-corrected chi connectivity index (χ0v) is 27.6. The van der Waals surface area contributed by atoms with Gasteiger partial charge < -0.3 is 29.6 Å². The molecule has 11 heteroatoms. The van der Waals surface area contributed by atoms with Crippen LogP contribution in [0, 0.1) is 18.2 Å². The molecule has 1 saturated heterocycles. The van der Waals surface area contributed by atoms with Crippen LogP contribution in [0.5, 0.6) is 17.4 Å². The molecule has 1 saturated carbocycles. The predicted octanol–water partition coefficient (Wildman–Crippen LogP) is 7.15. The van der Waals surface area contributed by atoms with Crippen molar-refractivity contribution in [3.05, 3.63) is 94.7 Å². The minimum Gasteiger partial charge on any atom is -0.488 e. The number of benzene rings is 2. The van der Waals surface area contributed by atoms with Crippen LogP contribution in [0.15, 0.2) is 77.1 Å². The van der Waals surface area contributed by atoms with E-state index in [1.807, 2.05) is 13.0 Å². The molecule has 2 aromatic carbocycles. The molecule has 0 unspecified atom stereocenters. The first kappa shape index (κ1) is 33.6. The second-order valence-corrected chi connectivity index (χ2v) is 12.2. The topological polar surface area (TPSA) is 120 Å². The largest absolute Gasteiger partial charge is 0.488 e. The Morgan fingerprint density at radius 2 is 1.88 bits per heavy atom. The first-order chi connectivity index (χ1) is 23.8. The Hall–Kier alpha value is -5.25. The quantitative estimate of drug-likeness (QED) is 0.0966. The van der Waals surface area contributed by atoms with Gasteiger partial charge in [-0.25, -0.2) is 14.4 Å². The summed E-state index contributed by atoms with van der Waals surface area (Å²) in [6.07, 6.45) is 11.4. The number of methoxy groups -OCH3 is 1. The van der Waals surface area contributed by atoms with E-state index in [4.69, 9.17) is 18.9 Å². The monoisotopic (exact) mass is 666 g/mol. The fraction of sp³-hybridized carbons (Fsp3) is 0.342. The van der Waals surface area contributed by atoms with Crippen molar-refractivity contribution in [2.45, 2.75) is 51.9 Å². The van der Waals surface area contributed by atoms with Crippen molar-refractivity contribution in [1.29, 1.82) is 0 Å². The lowest BCUT2D eigenvalue weighted by molar-refractivity contribution is -0.131. The summed E-state index contributed by atoms with van der Waals surface area (Å²) in [6.45, 7) is 3.97. The first-order valence-corrected chi connectivity index (χ1v) is 16.5. The number of fused-ring (bicyclic) bond motifs is 1. The standard InChI is InChI=1S/C38H39FN4O6/c1-25-23-30(14-15-31(25)42-37(45)38(17-18-38)36(44)41-29-12-10-28(39)11-13-29)49-35-33-27(9-5-19-40-35)24-32(34(43-33)46-2)48-21-4-3-7-26-8-6-20-47-22-16-26/h7,9-15,19,23-24H,3-4,6,8,16-18,20-22H2,1-2H3,(H,41,44)(H,42,45)/b26-7-. The zero-order valence-electron chi connectivity index (χ0n) is 27.6. The summed E-state index contributed by atoms with van der Waals surface area (Å²) in [5.74, 6) is 0.323. The number of hydrogen-bond acceptors (Lipinski definition) is 8. The maximum absolute atomic E-state index is 13.3. The van der Waals surface area contributed by atoms with Crippen LogP contribution in [-0.2, 0) is 14.3 Å². The van der Waals surface area contributed by atoms with E-state index < -0.39 is 23.0 Å². The molecule has 2 amide bonds. The molecule has 254 valence electrons. The molecule has 2 aliphatic heterocycles. The average Bonchev–Trinajstić information content (AvgIpc) is 3.95. The Morgan fingerprint density at radius 3 is 2.65 bits per heavy atom. The molecule has 3 aromatic rings. The highest BCUT2D eigenvalue weighted by Crippen LogP contribution is 2.47. The summed E-state index contributed by atoms with van der Waals surface area (Å²) in [6, 6.07) is 12.5. The number of nitrogens with one attached hydrogen (secondary N) is 2. The van der Waals surface area contributed by atoms with Gasteiger partial charge in [0, 0.05) is 23.5 Å². The van der Waals surface area contributed by atoms with Gasteiger partial charge in [-0.15, -0.1) is 0 Å². The maximum atomic E-state index is 13.3. The van der Waals surface area contributed by atoms with Gasteiger partial charge in [0.1, 0.15) is 22.7 Å². The summed E-state index contributed by atoms with van der Waals surface area (Å²) in [7, 11) is 1.54. The van der Waals surface area contributed by atoms with Crippen LogP contribution in [-0.4, -0.2) is 49.6 Å². The van der Waals surface area contributed by atoms with Crippen LogP contribution < -0.4 is 24.8 Å². The second-order valence-electron chi connectivity index (χ2n) is 12.2. The molecule has 2 N–H and O–H groups in total. The van der Waals surface area contributed by atoms with E-state index >= 15 is 0 Å². The average molecular weight is 667 g/mol. The Morgan fingerprint density at radius 1 is 1.06 bits per heavy atom. The third-order valence-electron chi connectivity index (χ3n) is 8.65. The Bertz CT molecular complexity index is 1830. The van der Waals surface area contributed by atoms with Gasteiger partial charge in [0.05, 0.1) is 26.5 Å². The number of aromatic nitrogens is 1. The Balaban J connectivity index is 1.09. The number of carbonyl (C=O) groups is 2. The SMILES string of the molecule is COc1nc2c(cc1OCCC/C=C1/CCCOCC1)C=C=CN=C2Oc1ccc(NC(=O)C2(C(=O)Nc3ccc(F)cc3)CC2)c(C)c1. The van der Waals surface area contributed by atoms with Gasteiger partial charge in [-0.3, -0.25) is 9.59 Å². The van der Waals surface area contributed by atoms with Crippen molar-refractivity contribution in [2.24, 2.45) is 10.4 Å². The normalized spacial score (nSPS) is 16.9. The van der Waals surface area contributed by atoms with Gasteiger partial charge in [0.15, 0.2) is 5.75 Å². The second kappa shape index (κ2) is 15.3. The molecule has 49 heavy (non-hydrogen) atoms. The van der Waals surface area contributed by atoms with Gasteiger partial charge >= 0.3 is 0 Å². The van der Waals surface area contributed by atoms with Crippen LogP contribution in [0.2, 0.25) is 0 Å². The van der Waals surface area contributed by atoms with Crippen molar-refractivity contribution in [3.8, 4) is 17.4 Å². The highest BCUT2D eigenvalue weighted by molar-refractivity contribution is 6.17. The molecular formula is C38H39FN4O6. The number of amides is 2. The summed E-state index contributed by atoms with van der Waals surface area (Å²) in [4.78, 5) is 35.3. The molecule has 10 nitrogen and oxygen atoms in total. The minimum atomic E-state index is -1.18. The van der Waals surface area contributed by atoms with Gasteiger partial charge in [0.2, 0.25) is 17.7 Å². The van der Waals surface area contributed by atoms with E-state index in [2.05, 4.69) is 32.4 Å². The molecule has 3 heterocycles. The number of hydrogen-bond donors (Lipinski definition) is 2. The molecule has 3 aliphatic rings. The van der Waals surface area contributed by atoms with E-state index in [1.165, 1.54) is 43.1 Å². The molecule has 2 fully saturated rings. The van der Waals surface area contributed by atoms with E-state index in [-0.39, 0.29) is 5.90 Å². The molecule has 0 atom stereocenters. The van der Waals surface area contributed by atoms with Crippen LogP contribution >= 0.6 is 0 Å². The molecule has 0 radical (unpaired) electrons. The van der Waals surface area contributed by atoms with Gasteiger partial charge in [-0.05, 0) is 112 Å². The lowest BCUT2D eigenvalue weighted by atomic mass is 10.0. The number of carbonyl (C=O) groups excluding carboxylic acids is 2. The van der Waals surface area contributed by atoms with Crippen LogP contribution in [0.1, 0.15) is 61.8 Å². The summed E-state index contributed by atoms with van der Waals surface area (Å²) in [5.41, 5.74) is 6.16. The van der Waals surface area contributed by atoms with E-state index in [1.54, 1.807) is 24.3 Å². The summed E-state index contributed by atoms with van der Waals surface area (Å²) < 4.78 is 36.7. The molecule has 1 aromatic heterocycles. The van der Waals surface area contributed by atoms with Crippen molar-refractivity contribution < 1.29 is 32.9 Å². The number of nitrogens with zero attached hydrogens (tertiary/aromatic N) is 2. The lowest BCUT2D eigenvalue weighted by Crippen LogP contribution is -2.35. The first-order valence-electron chi connectivity index (χ1n) is 16.5. The third kappa shape index (κ3) is 8.25. The van der Waals surface area contributed by atoms with E-state index in [0.717, 1.165) is 50.9 Å². The van der Waals surface area contributed by atoms with Crippen molar-refractivity contribution in [3.63, 3.8) is 0 Å². The van der Waals surface area contributed by atoms with Crippen molar-refractivity contribution in [2.75, 3.05) is 37.6 Å². The van der Waals surface area contributed by atoms with Crippen LogP contribution in [0.25, 0.3) is 6.08 Å².